The van der Waals surface area contributed by atoms with Crippen LogP contribution in [0.3, 0.4) is 0 Å². The van der Waals surface area contributed by atoms with Crippen molar-refractivity contribution in [1.29, 1.82) is 0 Å². The van der Waals surface area contributed by atoms with E-state index in [1.807, 2.05) is 0 Å². The largest absolute Gasteiger partial charge is 0.327 e. The summed E-state index contributed by atoms with van der Waals surface area (Å²) in [5, 5.41) is 0. The summed E-state index contributed by atoms with van der Waals surface area (Å²) in [7, 11) is 0. The molecule has 0 aromatic carbocycles. The highest BCUT2D eigenvalue weighted by molar-refractivity contribution is 4.80. The summed E-state index contributed by atoms with van der Waals surface area (Å²) in [6.45, 7) is 6.95. The number of hydrogen-bond donors (Lipinski definition) is 1. The van der Waals surface area contributed by atoms with Gasteiger partial charge in [-0.2, -0.15) is 0 Å². The third-order valence-electron chi connectivity index (χ3n) is 3.66. The maximum absolute atomic E-state index is 6.23. The van der Waals surface area contributed by atoms with Crippen molar-refractivity contribution in [2.45, 2.75) is 65.3 Å². The van der Waals surface area contributed by atoms with Gasteiger partial charge in [-0.1, -0.05) is 40.0 Å². The van der Waals surface area contributed by atoms with Crippen molar-refractivity contribution >= 4 is 0 Å². The van der Waals surface area contributed by atoms with E-state index in [0.717, 1.165) is 17.8 Å². The van der Waals surface area contributed by atoms with Gasteiger partial charge >= 0.3 is 0 Å². The van der Waals surface area contributed by atoms with E-state index in [-0.39, 0.29) is 0 Å². The Bertz CT molecular complexity index is 153. The molecule has 0 spiro atoms. The van der Waals surface area contributed by atoms with Crippen molar-refractivity contribution in [3.05, 3.63) is 0 Å². The molecule has 1 rings (SSSR count). The molecule has 1 aliphatic rings. The van der Waals surface area contributed by atoms with E-state index in [1.165, 1.54) is 38.5 Å². The molecule has 1 aliphatic carbocycles. The minimum atomic E-state index is 0.485. The van der Waals surface area contributed by atoms with Crippen molar-refractivity contribution < 1.29 is 0 Å². The molecule has 0 saturated heterocycles. The fourth-order valence-corrected chi connectivity index (χ4v) is 2.64. The highest BCUT2D eigenvalue weighted by Crippen LogP contribution is 2.33. The van der Waals surface area contributed by atoms with Crippen LogP contribution >= 0.6 is 0 Å². The summed E-state index contributed by atoms with van der Waals surface area (Å²) < 4.78 is 0. The molecule has 84 valence electrons. The van der Waals surface area contributed by atoms with Crippen LogP contribution in [0.15, 0.2) is 0 Å². The van der Waals surface area contributed by atoms with E-state index in [0.29, 0.717) is 6.04 Å². The molecule has 2 N–H and O–H groups in total. The molecule has 3 unspecified atom stereocenters. The summed E-state index contributed by atoms with van der Waals surface area (Å²) in [6, 6.07) is 0.485. The second kappa shape index (κ2) is 5.75. The molecule has 0 aromatic rings. The first kappa shape index (κ1) is 12.0. The normalized spacial score (nSPS) is 29.8. The van der Waals surface area contributed by atoms with Crippen molar-refractivity contribution in [2.75, 3.05) is 0 Å². The van der Waals surface area contributed by atoms with E-state index >= 15 is 0 Å². The van der Waals surface area contributed by atoms with Crippen molar-refractivity contribution in [1.82, 2.24) is 0 Å². The Morgan fingerprint density at radius 1 is 1.21 bits per heavy atom. The van der Waals surface area contributed by atoms with E-state index < -0.39 is 0 Å². The number of nitrogens with two attached hydrogens (primary N) is 1. The topological polar surface area (TPSA) is 26.0 Å². The zero-order valence-corrected chi connectivity index (χ0v) is 10.1. The summed E-state index contributed by atoms with van der Waals surface area (Å²) >= 11 is 0. The molecule has 14 heavy (non-hydrogen) atoms. The highest BCUT2D eigenvalue weighted by atomic mass is 14.7. The summed E-state index contributed by atoms with van der Waals surface area (Å²) in [5.41, 5.74) is 6.23. The van der Waals surface area contributed by atoms with Crippen LogP contribution in [0.4, 0.5) is 0 Å². The molecule has 0 radical (unpaired) electrons. The molecule has 1 heteroatoms. The Balaban J connectivity index is 2.12. The van der Waals surface area contributed by atoms with Crippen LogP contribution < -0.4 is 5.73 Å². The van der Waals surface area contributed by atoms with Crippen LogP contribution in [0.1, 0.15) is 59.3 Å². The third-order valence-corrected chi connectivity index (χ3v) is 3.66. The second-order valence-corrected chi connectivity index (χ2v) is 5.67. The molecule has 0 amide bonds. The van der Waals surface area contributed by atoms with Gasteiger partial charge in [0, 0.05) is 6.04 Å². The fourth-order valence-electron chi connectivity index (χ4n) is 2.64. The molecule has 0 heterocycles. The summed E-state index contributed by atoms with van der Waals surface area (Å²) in [6.07, 6.45) is 8.07. The predicted octanol–water partition coefficient (Wildman–Crippen LogP) is 3.58. The maximum Gasteiger partial charge on any atom is 0.00672 e. The van der Waals surface area contributed by atoms with Crippen LogP contribution in [0.5, 0.6) is 0 Å². The molecular weight excluding hydrogens is 170 g/mol. The standard InChI is InChI=1S/C13H27N/c1-10(2)5-4-6-13(14)12-8-7-11(3)9-12/h10-13H,4-9,14H2,1-3H3. The van der Waals surface area contributed by atoms with Gasteiger partial charge in [0.1, 0.15) is 0 Å². The van der Waals surface area contributed by atoms with Gasteiger partial charge in [0.15, 0.2) is 0 Å². The molecule has 3 atom stereocenters. The van der Waals surface area contributed by atoms with Gasteiger partial charge in [-0.05, 0) is 37.0 Å². The Morgan fingerprint density at radius 3 is 2.43 bits per heavy atom. The van der Waals surface area contributed by atoms with Gasteiger partial charge in [0.05, 0.1) is 0 Å². The quantitative estimate of drug-likeness (QED) is 0.716. The Hall–Kier alpha value is -0.0400. The van der Waals surface area contributed by atoms with Gasteiger partial charge in [-0.15, -0.1) is 0 Å². The Kier molecular flexibility index (Phi) is 4.94. The van der Waals surface area contributed by atoms with Crippen LogP contribution in [0.25, 0.3) is 0 Å². The lowest BCUT2D eigenvalue weighted by Crippen LogP contribution is -2.28. The zero-order valence-electron chi connectivity index (χ0n) is 10.1. The van der Waals surface area contributed by atoms with Gasteiger partial charge in [0.2, 0.25) is 0 Å². The molecular formula is C13H27N. The van der Waals surface area contributed by atoms with Gasteiger partial charge < -0.3 is 5.73 Å². The molecule has 0 aromatic heterocycles. The lowest BCUT2D eigenvalue weighted by atomic mass is 9.92. The second-order valence-electron chi connectivity index (χ2n) is 5.67. The van der Waals surface area contributed by atoms with Gasteiger partial charge in [-0.3, -0.25) is 0 Å². The summed E-state index contributed by atoms with van der Waals surface area (Å²) in [4.78, 5) is 0. The van der Waals surface area contributed by atoms with E-state index in [1.54, 1.807) is 0 Å². The van der Waals surface area contributed by atoms with Crippen LogP contribution in [0.2, 0.25) is 0 Å². The lowest BCUT2D eigenvalue weighted by Gasteiger charge is -2.19. The maximum atomic E-state index is 6.23. The van der Waals surface area contributed by atoms with Crippen LogP contribution in [0, 0.1) is 17.8 Å². The van der Waals surface area contributed by atoms with E-state index in [9.17, 15) is 0 Å². The summed E-state index contributed by atoms with van der Waals surface area (Å²) in [5.74, 6) is 2.60. The third kappa shape index (κ3) is 4.00. The molecule has 1 nitrogen and oxygen atoms in total. The molecule has 1 fully saturated rings. The SMILES string of the molecule is CC(C)CCCC(N)C1CCC(C)C1. The smallest absolute Gasteiger partial charge is 0.00672 e. The Morgan fingerprint density at radius 2 is 1.93 bits per heavy atom. The van der Waals surface area contributed by atoms with Crippen LogP contribution in [-0.2, 0) is 0 Å². The van der Waals surface area contributed by atoms with Crippen molar-refractivity contribution in [3.63, 3.8) is 0 Å². The van der Waals surface area contributed by atoms with Gasteiger partial charge in [-0.25, -0.2) is 0 Å². The fraction of sp³-hybridized carbons (Fsp3) is 1.00. The molecule has 0 aliphatic heterocycles. The first-order chi connectivity index (χ1) is 6.59. The zero-order chi connectivity index (χ0) is 10.6. The number of rotatable bonds is 5. The molecule has 1 saturated carbocycles. The minimum absolute atomic E-state index is 0.485. The minimum Gasteiger partial charge on any atom is -0.327 e. The first-order valence-corrected chi connectivity index (χ1v) is 6.35. The average molecular weight is 197 g/mol. The average Bonchev–Trinajstić information content (AvgIpc) is 2.51. The Labute approximate surface area is 89.5 Å². The lowest BCUT2D eigenvalue weighted by molar-refractivity contribution is 0.377. The number of hydrogen-bond acceptors (Lipinski definition) is 1. The molecule has 0 bridgehead atoms. The predicted molar refractivity (Wildman–Crippen MR) is 63.2 cm³/mol. The van der Waals surface area contributed by atoms with Crippen molar-refractivity contribution in [2.24, 2.45) is 23.5 Å². The van der Waals surface area contributed by atoms with E-state index in [4.69, 9.17) is 5.73 Å². The van der Waals surface area contributed by atoms with Crippen molar-refractivity contribution in [3.8, 4) is 0 Å². The van der Waals surface area contributed by atoms with Crippen LogP contribution in [-0.4, -0.2) is 6.04 Å². The highest BCUT2D eigenvalue weighted by Gasteiger charge is 2.25. The van der Waals surface area contributed by atoms with Gasteiger partial charge in [0.25, 0.3) is 0 Å². The first-order valence-electron chi connectivity index (χ1n) is 6.35. The van der Waals surface area contributed by atoms with E-state index in [2.05, 4.69) is 20.8 Å². The monoisotopic (exact) mass is 197 g/mol.